The molecule has 6 nitrogen and oxygen atoms in total. The van der Waals surface area contributed by atoms with E-state index in [-0.39, 0.29) is 23.1 Å². The van der Waals surface area contributed by atoms with Crippen LogP contribution in [0.3, 0.4) is 0 Å². The highest BCUT2D eigenvalue weighted by atomic mass is 19.1. The highest BCUT2D eigenvalue weighted by Crippen LogP contribution is 2.32. The average Bonchev–Trinajstić information content (AvgIpc) is 3.07. The number of hydrogen-bond donors (Lipinski definition) is 2. The molecule has 162 valence electrons. The Morgan fingerprint density at radius 3 is 2.09 bits per heavy atom. The minimum Gasteiger partial charge on any atom is -0.481 e. The van der Waals surface area contributed by atoms with Crippen molar-refractivity contribution in [3.8, 4) is 11.3 Å². The summed E-state index contributed by atoms with van der Waals surface area (Å²) in [5.74, 6) is -1.89. The number of aromatic amines is 1. The number of halogens is 2. The smallest absolute Gasteiger partial charge is 0.307 e. The van der Waals surface area contributed by atoms with Gasteiger partial charge in [0, 0.05) is 29.7 Å². The van der Waals surface area contributed by atoms with Crippen LogP contribution < -0.4 is 5.43 Å². The lowest BCUT2D eigenvalue weighted by molar-refractivity contribution is -0.136. The highest BCUT2D eigenvalue weighted by molar-refractivity contribution is 5.75. The number of carbonyl (C=O) groups is 1. The molecule has 4 aromatic rings. The molecule has 0 bridgehead atoms. The number of aromatic nitrogens is 3. The summed E-state index contributed by atoms with van der Waals surface area (Å²) in [4.78, 5) is 26.9. The summed E-state index contributed by atoms with van der Waals surface area (Å²) in [6.07, 6.45) is 2.62. The third-order valence-electron chi connectivity index (χ3n) is 5.30. The van der Waals surface area contributed by atoms with E-state index in [0.29, 0.717) is 22.4 Å². The maximum absolute atomic E-state index is 13.6. The Balaban J connectivity index is 1.97. The van der Waals surface area contributed by atoms with Gasteiger partial charge in [-0.2, -0.15) is 5.10 Å². The molecule has 0 saturated heterocycles. The van der Waals surface area contributed by atoms with Crippen molar-refractivity contribution in [2.75, 3.05) is 0 Å². The largest absolute Gasteiger partial charge is 0.481 e. The van der Waals surface area contributed by atoms with Crippen LogP contribution in [-0.4, -0.2) is 25.8 Å². The topological polar surface area (TPSA) is 88.0 Å². The normalized spacial score (nSPS) is 11.1. The Morgan fingerprint density at radius 1 is 1.03 bits per heavy atom. The number of carboxylic acids is 1. The SMILES string of the molecule is Cc1c(CC(=O)O)c(-c2c[nH]ccc2=O)nn1C(c1ccc(F)cc1)c1ccc(F)cc1. The highest BCUT2D eigenvalue weighted by Gasteiger charge is 2.26. The second-order valence-electron chi connectivity index (χ2n) is 7.36. The molecule has 0 aliphatic carbocycles. The quantitative estimate of drug-likeness (QED) is 0.478. The van der Waals surface area contributed by atoms with Crippen LogP contribution in [0, 0.1) is 18.6 Å². The van der Waals surface area contributed by atoms with Gasteiger partial charge >= 0.3 is 5.97 Å². The van der Waals surface area contributed by atoms with Gasteiger partial charge in [-0.05, 0) is 42.3 Å². The van der Waals surface area contributed by atoms with E-state index >= 15 is 0 Å². The summed E-state index contributed by atoms with van der Waals surface area (Å²) in [5.41, 5.74) is 2.44. The first-order valence-electron chi connectivity index (χ1n) is 9.83. The third kappa shape index (κ3) is 4.07. The Bertz CT molecular complexity index is 1280. The number of carboxylic acid groups (broad SMARTS) is 1. The Kier molecular flexibility index (Phi) is 5.68. The van der Waals surface area contributed by atoms with Crippen molar-refractivity contribution in [1.82, 2.24) is 14.8 Å². The van der Waals surface area contributed by atoms with Crippen LogP contribution in [0.4, 0.5) is 8.78 Å². The van der Waals surface area contributed by atoms with Crippen LogP contribution in [-0.2, 0) is 11.2 Å². The molecule has 0 fully saturated rings. The minimum atomic E-state index is -1.07. The molecule has 32 heavy (non-hydrogen) atoms. The number of pyridine rings is 1. The lowest BCUT2D eigenvalue weighted by Gasteiger charge is -2.21. The zero-order chi connectivity index (χ0) is 22.8. The molecule has 0 saturated carbocycles. The predicted molar refractivity (Wildman–Crippen MR) is 114 cm³/mol. The predicted octanol–water partition coefficient (Wildman–Crippen LogP) is 4.09. The fourth-order valence-corrected chi connectivity index (χ4v) is 3.75. The van der Waals surface area contributed by atoms with Crippen molar-refractivity contribution in [2.24, 2.45) is 0 Å². The molecule has 0 spiro atoms. The van der Waals surface area contributed by atoms with Gasteiger partial charge in [-0.1, -0.05) is 24.3 Å². The van der Waals surface area contributed by atoms with Gasteiger partial charge in [0.25, 0.3) is 0 Å². The first-order chi connectivity index (χ1) is 15.3. The number of H-pyrrole nitrogens is 1. The molecular weight excluding hydrogens is 416 g/mol. The van der Waals surface area contributed by atoms with Crippen LogP contribution in [0.25, 0.3) is 11.3 Å². The van der Waals surface area contributed by atoms with Crippen LogP contribution in [0.1, 0.15) is 28.4 Å². The second kappa shape index (κ2) is 8.58. The van der Waals surface area contributed by atoms with Crippen molar-refractivity contribution >= 4 is 5.97 Å². The van der Waals surface area contributed by atoms with Crippen LogP contribution >= 0.6 is 0 Å². The molecule has 0 aliphatic heterocycles. The molecule has 2 aromatic carbocycles. The third-order valence-corrected chi connectivity index (χ3v) is 5.30. The van der Waals surface area contributed by atoms with E-state index in [0.717, 1.165) is 0 Å². The first kappa shape index (κ1) is 21.2. The van der Waals surface area contributed by atoms with E-state index in [1.54, 1.807) is 35.9 Å². The van der Waals surface area contributed by atoms with E-state index in [1.165, 1.54) is 42.7 Å². The molecule has 2 heterocycles. The summed E-state index contributed by atoms with van der Waals surface area (Å²) < 4.78 is 28.8. The number of rotatable bonds is 6. The minimum absolute atomic E-state index is 0.238. The number of benzene rings is 2. The van der Waals surface area contributed by atoms with E-state index in [9.17, 15) is 23.5 Å². The molecule has 0 atom stereocenters. The zero-order valence-electron chi connectivity index (χ0n) is 17.0. The number of hydrogen-bond acceptors (Lipinski definition) is 3. The van der Waals surface area contributed by atoms with Crippen molar-refractivity contribution < 1.29 is 18.7 Å². The molecule has 2 N–H and O–H groups in total. The van der Waals surface area contributed by atoms with Crippen molar-refractivity contribution in [2.45, 2.75) is 19.4 Å². The molecule has 2 aromatic heterocycles. The van der Waals surface area contributed by atoms with Gasteiger partial charge in [-0.3, -0.25) is 14.3 Å². The summed E-state index contributed by atoms with van der Waals surface area (Å²) in [5, 5.41) is 14.1. The number of nitrogens with one attached hydrogen (secondary N) is 1. The lowest BCUT2D eigenvalue weighted by atomic mass is 9.98. The standard InChI is InChI=1S/C24H19F2N3O3/c1-14-19(12-22(31)32)23(20-13-27-11-10-21(20)30)28-29(14)24(15-2-6-17(25)7-3-15)16-4-8-18(26)9-5-16/h2-11,13,24H,12H2,1H3,(H,27,30)(H,31,32). The zero-order valence-corrected chi connectivity index (χ0v) is 17.0. The van der Waals surface area contributed by atoms with Gasteiger partial charge in [-0.15, -0.1) is 0 Å². The first-order valence-corrected chi connectivity index (χ1v) is 9.83. The second-order valence-corrected chi connectivity index (χ2v) is 7.36. The molecule has 8 heteroatoms. The Morgan fingerprint density at radius 2 is 1.59 bits per heavy atom. The van der Waals surface area contributed by atoms with E-state index < -0.39 is 23.6 Å². The molecule has 0 aliphatic rings. The summed E-state index contributed by atoms with van der Waals surface area (Å²) in [6.45, 7) is 1.71. The summed E-state index contributed by atoms with van der Waals surface area (Å²) in [6, 6.07) is 12.4. The fourth-order valence-electron chi connectivity index (χ4n) is 3.75. The van der Waals surface area contributed by atoms with Crippen molar-refractivity contribution in [3.63, 3.8) is 0 Å². The van der Waals surface area contributed by atoms with Crippen LogP contribution in [0.5, 0.6) is 0 Å². The summed E-state index contributed by atoms with van der Waals surface area (Å²) >= 11 is 0. The summed E-state index contributed by atoms with van der Waals surface area (Å²) in [7, 11) is 0. The maximum Gasteiger partial charge on any atom is 0.307 e. The average molecular weight is 435 g/mol. The number of nitrogens with zero attached hydrogens (tertiary/aromatic N) is 2. The molecule has 0 amide bonds. The molecule has 0 radical (unpaired) electrons. The van der Waals surface area contributed by atoms with Gasteiger partial charge in [0.1, 0.15) is 23.4 Å². The van der Waals surface area contributed by atoms with Gasteiger partial charge in [0.05, 0.1) is 12.0 Å². The number of aliphatic carboxylic acids is 1. The molecule has 4 rings (SSSR count). The molecular formula is C24H19F2N3O3. The van der Waals surface area contributed by atoms with E-state index in [4.69, 9.17) is 0 Å². The lowest BCUT2D eigenvalue weighted by Crippen LogP contribution is -2.16. The fraction of sp³-hybridized carbons (Fsp3) is 0.125. The van der Waals surface area contributed by atoms with Crippen molar-refractivity contribution in [1.29, 1.82) is 0 Å². The van der Waals surface area contributed by atoms with E-state index in [1.807, 2.05) is 0 Å². The maximum atomic E-state index is 13.6. The van der Waals surface area contributed by atoms with Gasteiger partial charge in [0.2, 0.25) is 0 Å². The van der Waals surface area contributed by atoms with Crippen LogP contribution in [0.15, 0.2) is 71.8 Å². The van der Waals surface area contributed by atoms with Gasteiger partial charge in [0.15, 0.2) is 5.43 Å². The monoisotopic (exact) mass is 435 g/mol. The van der Waals surface area contributed by atoms with Gasteiger partial charge in [-0.25, -0.2) is 8.78 Å². The molecule has 0 unspecified atom stereocenters. The van der Waals surface area contributed by atoms with Crippen molar-refractivity contribution in [3.05, 3.63) is 111 Å². The van der Waals surface area contributed by atoms with E-state index in [2.05, 4.69) is 10.1 Å². The van der Waals surface area contributed by atoms with Gasteiger partial charge < -0.3 is 10.1 Å². The Hall–Kier alpha value is -4.07. The van der Waals surface area contributed by atoms with Crippen LogP contribution in [0.2, 0.25) is 0 Å². The Labute approximate surface area is 181 Å².